The number of aliphatic hydroxyl groups excluding tert-OH is 5. The van der Waals surface area contributed by atoms with Gasteiger partial charge in [-0.25, -0.2) is 0 Å². The van der Waals surface area contributed by atoms with Crippen molar-refractivity contribution in [3.63, 3.8) is 0 Å². The Bertz CT molecular complexity index is 3340. The van der Waals surface area contributed by atoms with Gasteiger partial charge < -0.3 is 158 Å². The zero-order valence-electron chi connectivity index (χ0n) is 64.0. The van der Waals surface area contributed by atoms with E-state index in [-0.39, 0.29) is 64.6 Å². The first-order valence-electron chi connectivity index (χ1n) is 36.2. The molecule has 0 saturated carbocycles. The maximum absolute atomic E-state index is 13.7. The first-order valence-corrected chi connectivity index (χ1v) is 36.2. The van der Waals surface area contributed by atoms with Gasteiger partial charge in [-0.3, -0.25) is 91.1 Å². The van der Waals surface area contributed by atoms with Crippen molar-refractivity contribution in [2.75, 3.05) is 65.6 Å². The van der Waals surface area contributed by atoms with E-state index >= 15 is 0 Å². The first-order chi connectivity index (χ1) is 53.5. The quantitative estimate of drug-likeness (QED) is 0.0252. The Morgan fingerprint density at radius 3 is 1.26 bits per heavy atom. The Morgan fingerprint density at radius 2 is 0.833 bits per heavy atom. The fourth-order valence-electron chi connectivity index (χ4n) is 10.6. The van der Waals surface area contributed by atoms with E-state index in [1.54, 1.807) is 0 Å². The van der Waals surface area contributed by atoms with E-state index in [1.807, 2.05) is 0 Å². The van der Waals surface area contributed by atoms with Gasteiger partial charge in [0.25, 0.3) is 0 Å². The number of rotatable bonds is 51. The molecule has 644 valence electrons. The van der Waals surface area contributed by atoms with Crippen LogP contribution in [0.25, 0.3) is 0 Å². The highest BCUT2D eigenvalue weighted by Crippen LogP contribution is 2.31. The first kappa shape index (κ1) is 99.6. The maximum Gasteiger partial charge on any atom is 0.325 e. The number of carboxylic acids is 1. The van der Waals surface area contributed by atoms with Crippen molar-refractivity contribution in [3.8, 4) is 0 Å². The molecule has 2 saturated heterocycles. The van der Waals surface area contributed by atoms with Gasteiger partial charge in [-0.2, -0.15) is 0 Å². The second kappa shape index (κ2) is 51.3. The third-order valence-electron chi connectivity index (χ3n) is 17.0. The van der Waals surface area contributed by atoms with Gasteiger partial charge in [-0.1, -0.05) is 0 Å². The largest absolute Gasteiger partial charge is 0.480 e. The second-order valence-electron chi connectivity index (χ2n) is 26.5. The molecule has 0 spiro atoms. The molecule has 0 aliphatic carbocycles. The highest BCUT2D eigenvalue weighted by molar-refractivity contribution is 5.96. The number of carbonyl (C=O) groups excluding carboxylic acids is 18. The number of unbranched alkanes of at least 4 members (excludes halogenated alkanes) is 2. The van der Waals surface area contributed by atoms with Gasteiger partial charge >= 0.3 is 5.97 Å². The van der Waals surface area contributed by atoms with Crippen molar-refractivity contribution in [2.45, 2.75) is 228 Å². The van der Waals surface area contributed by atoms with Gasteiger partial charge in [-0.05, 0) is 86.0 Å². The Morgan fingerprint density at radius 1 is 0.421 bits per heavy atom. The van der Waals surface area contributed by atoms with E-state index in [2.05, 4.69) is 85.1 Å². The van der Waals surface area contributed by atoms with E-state index in [0.717, 1.165) is 20.8 Å². The topological polar surface area (TPSA) is 779 Å². The monoisotopic (exact) mass is 1630 g/mol. The number of aliphatic hydroxyl groups is 5. The Labute approximate surface area is 653 Å². The average Bonchev–Trinajstić information content (AvgIpc) is 0.771. The molecule has 30 N–H and O–H groups in total. The van der Waals surface area contributed by atoms with Crippen LogP contribution in [0.2, 0.25) is 0 Å². The predicted octanol–water partition coefficient (Wildman–Crippen LogP) is -15.2. The number of ether oxygens (including phenoxy) is 4. The standard InChI is InChI=1S/C65H110N20O29/c1-28(67)57(102)84-35(55(68)100)14-16-41(90)82-37(12-8-10-18-70-43(92)20-66)61(106)78-29(2)58(103)76-25-48(97)75-24-47(96)74-23-46(95)73-22-45(94)72-21-44(93)71-19-11-9-13-38(62(107)79-31(4)63(108)109)83-42(91)17-15-36(56(69)101)85-59(104)30(3)77-60(105)32(5)111-54-50(81-34(7)89)64(110)112-40(27-87)53(54)114-65-49(80-33(6)88)52(99)51(98)39(26-86)113-65/h28-32,35-40,49-54,64-65,86-87,98-99,110H,8-27,66-67H2,1-7H3,(H2,68,100)(H2,69,101)(H,70,92)(H,71,93)(H,72,94)(H,73,95)(H,74,96)(H,75,97)(H,76,103)(H,77,105)(H,78,106)(H,79,107)(H,80,88)(H,81,89)(H,82,90)(H,83,91)(H,84,102)(H,85,104)(H,108,109). The lowest BCUT2D eigenvalue weighted by Crippen LogP contribution is -2.70. The van der Waals surface area contributed by atoms with E-state index < -0.39 is 287 Å². The number of primary amides is 2. The number of amides is 18. The molecule has 2 heterocycles. The molecule has 0 aromatic heterocycles. The summed E-state index contributed by atoms with van der Waals surface area (Å²) in [5.41, 5.74) is 21.7. The number of hydrogen-bond acceptors (Lipinski definition) is 30. The van der Waals surface area contributed by atoms with Crippen molar-refractivity contribution in [3.05, 3.63) is 0 Å². The number of carboxylic acid groups (broad SMARTS) is 1. The molecule has 19 atom stereocenters. The molecule has 2 aliphatic rings. The molecule has 114 heavy (non-hydrogen) atoms. The maximum atomic E-state index is 13.7. The molecular formula is C65H110N20O29. The fourth-order valence-corrected chi connectivity index (χ4v) is 10.6. The third kappa shape index (κ3) is 37.0. The van der Waals surface area contributed by atoms with Crippen molar-refractivity contribution in [2.24, 2.45) is 22.9 Å². The van der Waals surface area contributed by atoms with Gasteiger partial charge in [0.1, 0.15) is 97.1 Å². The lowest BCUT2D eigenvalue weighted by molar-refractivity contribution is -0.333. The van der Waals surface area contributed by atoms with Crippen LogP contribution in [-0.2, 0) is 110 Å². The van der Waals surface area contributed by atoms with Gasteiger partial charge in [0.2, 0.25) is 106 Å². The molecule has 2 aliphatic heterocycles. The smallest absolute Gasteiger partial charge is 0.325 e. The van der Waals surface area contributed by atoms with Gasteiger partial charge in [0.15, 0.2) is 12.6 Å². The Kier molecular flexibility index (Phi) is 44.8. The summed E-state index contributed by atoms with van der Waals surface area (Å²) in [6.45, 7) is 3.05. The lowest BCUT2D eigenvalue weighted by atomic mass is 9.94. The zero-order valence-corrected chi connectivity index (χ0v) is 64.0. The van der Waals surface area contributed by atoms with E-state index in [1.165, 1.54) is 27.7 Å². The van der Waals surface area contributed by atoms with Crippen LogP contribution in [0.1, 0.15) is 113 Å². The van der Waals surface area contributed by atoms with Crippen molar-refractivity contribution in [1.82, 2.24) is 85.1 Å². The highest BCUT2D eigenvalue weighted by atomic mass is 16.7. The Hall–Kier alpha value is -10.5. The minimum Gasteiger partial charge on any atom is -0.480 e. The number of nitrogens with two attached hydrogens (primary N) is 4. The Balaban J connectivity index is 1.88. The highest BCUT2D eigenvalue weighted by Gasteiger charge is 2.53. The van der Waals surface area contributed by atoms with Crippen LogP contribution >= 0.6 is 0 Å². The van der Waals surface area contributed by atoms with Crippen molar-refractivity contribution < 1.29 is 141 Å². The van der Waals surface area contributed by atoms with E-state index in [0.29, 0.717) is 6.42 Å². The van der Waals surface area contributed by atoms with Crippen LogP contribution in [-0.4, -0.2) is 324 Å². The minimum atomic E-state index is -1.94. The molecule has 0 radical (unpaired) electrons. The van der Waals surface area contributed by atoms with Crippen LogP contribution in [0.3, 0.4) is 0 Å². The van der Waals surface area contributed by atoms with Crippen molar-refractivity contribution >= 4 is 112 Å². The SMILES string of the molecule is CC(=O)NC1C(OC2C(CO)OC(O)C(NC(C)=O)C2OC(C)C(=O)NC(C)C(=O)NC(CCC(=O)NC(CCCCNC(=O)CNC(=O)CNC(=O)CNC(=O)CNC(=O)CNC(=O)C(C)NC(=O)C(CCCCNC(=O)CN)NC(=O)CCC(NC(=O)C(C)N)C(N)=O)C(=O)NC(C)C(=O)O)C(N)=O)OC(CO)C(O)C1O. The summed E-state index contributed by atoms with van der Waals surface area (Å²) in [6, 6.07) is -13.8. The van der Waals surface area contributed by atoms with Gasteiger partial charge in [0, 0.05) is 39.8 Å². The summed E-state index contributed by atoms with van der Waals surface area (Å²) in [5.74, 6) is -16.6. The van der Waals surface area contributed by atoms with E-state index in [9.17, 15) is 122 Å². The van der Waals surface area contributed by atoms with Gasteiger partial charge in [-0.15, -0.1) is 0 Å². The zero-order chi connectivity index (χ0) is 86.2. The van der Waals surface area contributed by atoms with E-state index in [4.69, 9.17) is 41.9 Å². The molecule has 0 aromatic rings. The van der Waals surface area contributed by atoms with Crippen molar-refractivity contribution in [1.29, 1.82) is 0 Å². The van der Waals surface area contributed by atoms with Crippen LogP contribution in [0, 0.1) is 0 Å². The number of nitrogens with one attached hydrogen (secondary N) is 16. The molecule has 18 amide bonds. The molecular weight excluding hydrogens is 1520 g/mol. The molecule has 2 fully saturated rings. The van der Waals surface area contributed by atoms with Crippen LogP contribution in [0.5, 0.6) is 0 Å². The molecule has 0 bridgehead atoms. The summed E-state index contributed by atoms with van der Waals surface area (Å²) in [6.07, 6.45) is -16.2. The van der Waals surface area contributed by atoms with Crippen LogP contribution in [0.15, 0.2) is 0 Å². The summed E-state index contributed by atoms with van der Waals surface area (Å²) in [5, 5.41) is 99.5. The summed E-state index contributed by atoms with van der Waals surface area (Å²) in [7, 11) is 0. The summed E-state index contributed by atoms with van der Waals surface area (Å²) < 4.78 is 23.3. The normalized spacial score (nSPS) is 21.4. The number of carbonyl (C=O) groups is 19. The predicted molar refractivity (Wildman–Crippen MR) is 387 cm³/mol. The van der Waals surface area contributed by atoms with Crippen LogP contribution < -0.4 is 108 Å². The number of hydrogen-bond donors (Lipinski definition) is 26. The van der Waals surface area contributed by atoms with Gasteiger partial charge in [0.05, 0.1) is 58.5 Å². The average molecular weight is 1640 g/mol. The lowest BCUT2D eigenvalue weighted by Gasteiger charge is -2.48. The molecule has 49 nitrogen and oxygen atoms in total. The molecule has 0 aromatic carbocycles. The summed E-state index contributed by atoms with van der Waals surface area (Å²) >= 11 is 0. The summed E-state index contributed by atoms with van der Waals surface area (Å²) in [4.78, 5) is 239. The molecule has 49 heteroatoms. The van der Waals surface area contributed by atoms with Crippen LogP contribution in [0.4, 0.5) is 0 Å². The third-order valence-corrected chi connectivity index (χ3v) is 17.0. The molecule has 19 unspecified atom stereocenters. The number of aliphatic carboxylic acids is 1. The second-order valence-corrected chi connectivity index (χ2v) is 26.5. The molecule has 2 rings (SSSR count). The fraction of sp³-hybridized carbons (Fsp3) is 0.708. The minimum absolute atomic E-state index is 0.0112.